The number of carbonyl (C=O) groups excluding carboxylic acids is 2. The predicted octanol–water partition coefficient (Wildman–Crippen LogP) is 2.89. The number of nitrogens with zero attached hydrogens (tertiary/aromatic N) is 1. The van der Waals surface area contributed by atoms with Crippen LogP contribution in [0.25, 0.3) is 0 Å². The van der Waals surface area contributed by atoms with Crippen molar-refractivity contribution in [1.82, 2.24) is 4.90 Å². The molecule has 1 heterocycles. The number of ketones is 1. The lowest BCUT2D eigenvalue weighted by Gasteiger charge is -2.28. The maximum atomic E-state index is 12.3. The lowest BCUT2D eigenvalue weighted by atomic mass is 10.00. The van der Waals surface area contributed by atoms with Gasteiger partial charge >= 0.3 is 0 Å². The van der Waals surface area contributed by atoms with Gasteiger partial charge in [-0.15, -0.1) is 0 Å². The lowest BCUT2D eigenvalue weighted by Crippen LogP contribution is -2.37. The van der Waals surface area contributed by atoms with Crippen LogP contribution < -0.4 is 5.32 Å². The highest BCUT2D eigenvalue weighted by Gasteiger charge is 2.18. The lowest BCUT2D eigenvalue weighted by molar-refractivity contribution is -0.117. The van der Waals surface area contributed by atoms with Gasteiger partial charge in [0.15, 0.2) is 5.78 Å². The Bertz CT molecular complexity index is 740. The van der Waals surface area contributed by atoms with Crippen LogP contribution >= 0.6 is 0 Å². The molecular formula is C19H20N2O2. The maximum Gasteiger partial charge on any atom is 0.238 e. The molecule has 4 heteroatoms. The van der Waals surface area contributed by atoms with Crippen LogP contribution in [0.1, 0.15) is 28.4 Å². The van der Waals surface area contributed by atoms with E-state index in [1.54, 1.807) is 18.2 Å². The van der Waals surface area contributed by atoms with Crippen LogP contribution in [0, 0.1) is 0 Å². The highest BCUT2D eigenvalue weighted by molar-refractivity contribution is 6.04. The van der Waals surface area contributed by atoms with Gasteiger partial charge in [-0.05, 0) is 36.6 Å². The second-order valence-corrected chi connectivity index (χ2v) is 5.88. The predicted molar refractivity (Wildman–Crippen MR) is 90.5 cm³/mol. The first-order valence-electron chi connectivity index (χ1n) is 7.82. The Kier molecular flexibility index (Phi) is 4.53. The van der Waals surface area contributed by atoms with Gasteiger partial charge in [0.05, 0.1) is 12.2 Å². The molecule has 0 bridgehead atoms. The average molecular weight is 308 g/mol. The maximum absolute atomic E-state index is 12.3. The first kappa shape index (κ1) is 15.4. The quantitative estimate of drug-likeness (QED) is 0.884. The fourth-order valence-electron chi connectivity index (χ4n) is 2.98. The molecule has 0 fully saturated rings. The van der Waals surface area contributed by atoms with Crippen molar-refractivity contribution in [3.05, 3.63) is 65.2 Å². The summed E-state index contributed by atoms with van der Waals surface area (Å²) in [7, 11) is 0. The molecule has 0 aromatic heterocycles. The van der Waals surface area contributed by atoms with E-state index in [1.807, 2.05) is 12.1 Å². The van der Waals surface area contributed by atoms with E-state index in [4.69, 9.17) is 0 Å². The molecule has 1 amide bonds. The van der Waals surface area contributed by atoms with Crippen molar-refractivity contribution in [2.75, 3.05) is 18.4 Å². The summed E-state index contributed by atoms with van der Waals surface area (Å²) in [6.07, 6.45) is 0.966. The number of fused-ring (bicyclic) bond motifs is 1. The Morgan fingerprint density at radius 2 is 1.74 bits per heavy atom. The Morgan fingerprint density at radius 3 is 2.52 bits per heavy atom. The molecule has 1 aliphatic heterocycles. The third kappa shape index (κ3) is 3.66. The SMILES string of the molecule is CC(=O)c1ccccc1NC(=O)CN1CCc2ccccc2C1. The van der Waals surface area contributed by atoms with Gasteiger partial charge in [-0.2, -0.15) is 0 Å². The van der Waals surface area contributed by atoms with Gasteiger partial charge < -0.3 is 5.32 Å². The summed E-state index contributed by atoms with van der Waals surface area (Å²) in [6.45, 7) is 3.50. The number of para-hydroxylation sites is 1. The van der Waals surface area contributed by atoms with Gasteiger partial charge in [0.25, 0.3) is 0 Å². The molecule has 2 aromatic carbocycles. The number of hydrogen-bond donors (Lipinski definition) is 1. The molecule has 23 heavy (non-hydrogen) atoms. The minimum Gasteiger partial charge on any atom is -0.324 e. The van der Waals surface area contributed by atoms with Crippen molar-refractivity contribution >= 4 is 17.4 Å². The molecule has 0 atom stereocenters. The van der Waals surface area contributed by atoms with Crippen LogP contribution in [-0.4, -0.2) is 29.7 Å². The van der Waals surface area contributed by atoms with E-state index in [0.717, 1.165) is 19.5 Å². The molecule has 0 radical (unpaired) electrons. The van der Waals surface area contributed by atoms with Gasteiger partial charge in [-0.3, -0.25) is 14.5 Å². The van der Waals surface area contributed by atoms with Crippen LogP contribution in [0.2, 0.25) is 0 Å². The Hall–Kier alpha value is -2.46. The molecule has 0 aliphatic carbocycles. The molecular weight excluding hydrogens is 288 g/mol. The summed E-state index contributed by atoms with van der Waals surface area (Å²) >= 11 is 0. The third-order valence-corrected chi connectivity index (χ3v) is 4.16. The topological polar surface area (TPSA) is 49.4 Å². The zero-order valence-corrected chi connectivity index (χ0v) is 13.2. The third-order valence-electron chi connectivity index (χ3n) is 4.16. The number of hydrogen-bond acceptors (Lipinski definition) is 3. The number of rotatable bonds is 4. The fraction of sp³-hybridized carbons (Fsp3) is 0.263. The van der Waals surface area contributed by atoms with E-state index < -0.39 is 0 Å². The van der Waals surface area contributed by atoms with Crippen molar-refractivity contribution in [1.29, 1.82) is 0 Å². The normalized spacial score (nSPS) is 14.1. The summed E-state index contributed by atoms with van der Waals surface area (Å²) in [5, 5.41) is 2.86. The van der Waals surface area contributed by atoms with Gasteiger partial charge in [-0.1, -0.05) is 36.4 Å². The Labute approximate surface area is 136 Å². The van der Waals surface area contributed by atoms with Gasteiger partial charge in [0.1, 0.15) is 0 Å². The number of anilines is 1. The number of Topliss-reactive ketones (excluding diaryl/α,β-unsaturated/α-hetero) is 1. The van der Waals surface area contributed by atoms with Gasteiger partial charge in [-0.25, -0.2) is 0 Å². The molecule has 0 spiro atoms. The van der Waals surface area contributed by atoms with E-state index in [0.29, 0.717) is 17.8 Å². The number of carbonyl (C=O) groups is 2. The minimum atomic E-state index is -0.0851. The van der Waals surface area contributed by atoms with Gasteiger partial charge in [0.2, 0.25) is 5.91 Å². The standard InChI is InChI=1S/C19H20N2O2/c1-14(22)17-8-4-5-9-18(17)20-19(23)13-21-11-10-15-6-2-3-7-16(15)12-21/h2-9H,10-13H2,1H3,(H,20,23). The first-order chi connectivity index (χ1) is 11.1. The van der Waals surface area contributed by atoms with E-state index >= 15 is 0 Å². The average Bonchev–Trinajstić information content (AvgIpc) is 2.55. The largest absolute Gasteiger partial charge is 0.324 e. The summed E-state index contributed by atoms with van der Waals surface area (Å²) in [5.74, 6) is -0.133. The molecule has 2 aromatic rings. The zero-order chi connectivity index (χ0) is 16.2. The molecule has 0 saturated heterocycles. The van der Waals surface area contributed by atoms with Crippen LogP contribution in [-0.2, 0) is 17.8 Å². The first-order valence-corrected chi connectivity index (χ1v) is 7.82. The van der Waals surface area contributed by atoms with Crippen LogP contribution in [0.4, 0.5) is 5.69 Å². The second kappa shape index (κ2) is 6.75. The summed E-state index contributed by atoms with van der Waals surface area (Å²) in [5.41, 5.74) is 3.79. The van der Waals surface area contributed by atoms with E-state index in [-0.39, 0.29) is 11.7 Å². The van der Waals surface area contributed by atoms with Crippen LogP contribution in [0.15, 0.2) is 48.5 Å². The second-order valence-electron chi connectivity index (χ2n) is 5.88. The van der Waals surface area contributed by atoms with Crippen molar-refractivity contribution in [2.24, 2.45) is 0 Å². The summed E-state index contributed by atoms with van der Waals surface area (Å²) in [6, 6.07) is 15.5. The van der Waals surface area contributed by atoms with Crippen LogP contribution in [0.5, 0.6) is 0 Å². The van der Waals surface area contributed by atoms with Crippen molar-refractivity contribution < 1.29 is 9.59 Å². The molecule has 0 unspecified atom stereocenters. The van der Waals surface area contributed by atoms with Crippen molar-refractivity contribution in [3.8, 4) is 0 Å². The molecule has 3 rings (SSSR count). The van der Waals surface area contributed by atoms with Crippen LogP contribution in [0.3, 0.4) is 0 Å². The molecule has 1 N–H and O–H groups in total. The number of benzene rings is 2. The van der Waals surface area contributed by atoms with E-state index in [9.17, 15) is 9.59 Å². The Balaban J connectivity index is 1.64. The number of amides is 1. The van der Waals surface area contributed by atoms with E-state index in [1.165, 1.54) is 18.1 Å². The molecule has 4 nitrogen and oxygen atoms in total. The highest BCUT2D eigenvalue weighted by Crippen LogP contribution is 2.19. The molecule has 118 valence electrons. The Morgan fingerprint density at radius 1 is 1.04 bits per heavy atom. The monoisotopic (exact) mass is 308 g/mol. The van der Waals surface area contributed by atoms with Gasteiger partial charge in [0, 0.05) is 18.7 Å². The molecule has 1 aliphatic rings. The smallest absolute Gasteiger partial charge is 0.238 e. The van der Waals surface area contributed by atoms with E-state index in [2.05, 4.69) is 28.4 Å². The summed E-state index contributed by atoms with van der Waals surface area (Å²) < 4.78 is 0. The minimum absolute atomic E-state index is 0.0483. The summed E-state index contributed by atoms with van der Waals surface area (Å²) in [4.78, 5) is 26.0. The van der Waals surface area contributed by atoms with Crippen molar-refractivity contribution in [2.45, 2.75) is 19.9 Å². The fourth-order valence-corrected chi connectivity index (χ4v) is 2.98. The number of nitrogens with one attached hydrogen (secondary N) is 1. The van der Waals surface area contributed by atoms with Crippen molar-refractivity contribution in [3.63, 3.8) is 0 Å². The highest BCUT2D eigenvalue weighted by atomic mass is 16.2. The zero-order valence-electron chi connectivity index (χ0n) is 13.2. The molecule has 0 saturated carbocycles.